The molecular weight excluding hydrogens is 1350 g/mol. The van der Waals surface area contributed by atoms with E-state index in [2.05, 4.69) is 30.2 Å². The molecule has 0 aliphatic carbocycles. The summed E-state index contributed by atoms with van der Waals surface area (Å²) in [5.41, 5.74) is 4.66. The number of sulfonamides is 2. The van der Waals surface area contributed by atoms with Crippen LogP contribution in [0.3, 0.4) is 0 Å². The number of aliphatic hydroxyl groups excluding tert-OH is 1. The summed E-state index contributed by atoms with van der Waals surface area (Å²) in [4.78, 5) is -0.139. The standard InChI is InChI=1S/C78H90N2O18S2Si/c1-78(2,3)101(4,5)98-76-66(80-100(84,85)61-44-28-13-29-45-61)72(89-49-57-36-20-9-21-37-57)69(63(93-76)52-87-47-55-32-16-7-17-33-55)96-75-65(79-99(82,83)60-42-26-12-27-43-60)71(88-48-56-34-18-8-19-35-56)70(62(92-75)51-86-46-54-30-14-6-15-31-54)97-77-73(90-50-58-38-22-10-23-39-58)67(81)68-64(94-77)53-91-74(95-68)59-40-24-11-25-41-59/h6-45,62-77,79-81H,46-53H2,1-5H3/t62?,63?,64?,65?,66?,67-,68+,69+,70+,71-,72+,73?,74?,75-,76+,77-/m0/s1. The summed E-state index contributed by atoms with van der Waals surface area (Å²) in [6.45, 7) is 9.87. The first-order chi connectivity index (χ1) is 48.9. The Morgan fingerprint density at radius 3 is 1.21 bits per heavy atom. The normalized spacial score (nSPS) is 27.3. The predicted octanol–water partition coefficient (Wildman–Crippen LogP) is 11.3. The van der Waals surface area contributed by atoms with Crippen LogP contribution in [0.5, 0.6) is 0 Å². The van der Waals surface area contributed by atoms with Gasteiger partial charge >= 0.3 is 0 Å². The van der Waals surface area contributed by atoms with Crippen LogP contribution >= 0.6 is 0 Å². The Balaban J connectivity index is 1.00. The summed E-state index contributed by atoms with van der Waals surface area (Å²) in [7, 11) is -12.0. The Labute approximate surface area is 593 Å². The molecule has 4 heterocycles. The van der Waals surface area contributed by atoms with E-state index in [0.717, 1.165) is 27.8 Å². The van der Waals surface area contributed by atoms with Gasteiger partial charge < -0.3 is 66.4 Å². The van der Waals surface area contributed by atoms with Crippen LogP contribution in [0, 0.1) is 0 Å². The molecule has 0 aromatic heterocycles. The van der Waals surface area contributed by atoms with Crippen molar-refractivity contribution in [1.29, 1.82) is 0 Å². The predicted molar refractivity (Wildman–Crippen MR) is 378 cm³/mol. The minimum absolute atomic E-state index is 0.00735. The Bertz CT molecular complexity index is 4040. The highest BCUT2D eigenvalue weighted by atomic mass is 32.2. The highest BCUT2D eigenvalue weighted by Gasteiger charge is 2.59. The molecule has 4 aliphatic rings. The van der Waals surface area contributed by atoms with E-state index in [1.165, 1.54) is 24.3 Å². The number of rotatable bonds is 30. The van der Waals surface area contributed by atoms with E-state index in [4.69, 9.17) is 61.3 Å². The van der Waals surface area contributed by atoms with Gasteiger partial charge in [0, 0.05) is 5.56 Å². The molecule has 4 aliphatic heterocycles. The fourth-order valence-electron chi connectivity index (χ4n) is 12.4. The molecule has 20 nitrogen and oxygen atoms in total. The van der Waals surface area contributed by atoms with Crippen molar-refractivity contribution in [3.05, 3.63) is 276 Å². The Hall–Kier alpha value is -6.76. The molecule has 4 fully saturated rings. The molecule has 4 saturated heterocycles. The number of benzene rings is 8. The molecule has 536 valence electrons. The van der Waals surface area contributed by atoms with E-state index in [-0.39, 0.29) is 62.6 Å². The largest absolute Gasteiger partial charge is 0.391 e. The minimum Gasteiger partial charge on any atom is -0.391 e. The van der Waals surface area contributed by atoms with Crippen LogP contribution in [-0.4, -0.2) is 142 Å². The molecule has 16 atom stereocenters. The summed E-state index contributed by atoms with van der Waals surface area (Å²) in [5.74, 6) is 0. The van der Waals surface area contributed by atoms with Gasteiger partial charge in [0.15, 0.2) is 33.5 Å². The highest BCUT2D eigenvalue weighted by Crippen LogP contribution is 2.43. The lowest BCUT2D eigenvalue weighted by atomic mass is 9.94. The van der Waals surface area contributed by atoms with E-state index in [9.17, 15) is 5.11 Å². The quantitative estimate of drug-likeness (QED) is 0.0355. The monoisotopic (exact) mass is 1430 g/mol. The van der Waals surface area contributed by atoms with Crippen molar-refractivity contribution >= 4 is 28.4 Å². The van der Waals surface area contributed by atoms with Gasteiger partial charge in [0.25, 0.3) is 0 Å². The summed E-state index contributed by atoms with van der Waals surface area (Å²) in [5, 5.41) is 12.4. The fraction of sp³-hybridized carbons (Fsp3) is 0.385. The number of aliphatic hydroxyl groups is 1. The van der Waals surface area contributed by atoms with Crippen molar-refractivity contribution < 1.29 is 83.2 Å². The number of hydrogen-bond acceptors (Lipinski definition) is 18. The molecule has 8 aromatic rings. The fourth-order valence-corrected chi connectivity index (χ4v) is 16.1. The van der Waals surface area contributed by atoms with Crippen LogP contribution in [0.1, 0.15) is 60.4 Å². The van der Waals surface area contributed by atoms with Gasteiger partial charge in [-0.3, -0.25) is 0 Å². The first-order valence-corrected chi connectivity index (χ1v) is 40.0. The van der Waals surface area contributed by atoms with Crippen molar-refractivity contribution in [3.8, 4) is 0 Å². The summed E-state index contributed by atoms with van der Waals surface area (Å²) >= 11 is 0. The Kier molecular flexibility index (Phi) is 25.1. The van der Waals surface area contributed by atoms with Gasteiger partial charge in [-0.15, -0.1) is 0 Å². The first-order valence-electron chi connectivity index (χ1n) is 34.2. The average Bonchev–Trinajstić information content (AvgIpc) is 0.757. The van der Waals surface area contributed by atoms with Crippen molar-refractivity contribution in [2.24, 2.45) is 0 Å². The third kappa shape index (κ3) is 19.2. The molecule has 0 radical (unpaired) electrons. The molecule has 7 unspecified atom stereocenters. The zero-order valence-electron chi connectivity index (χ0n) is 57.2. The molecule has 101 heavy (non-hydrogen) atoms. The number of fused-ring (bicyclic) bond motifs is 1. The van der Waals surface area contributed by atoms with Crippen molar-refractivity contribution in [3.63, 3.8) is 0 Å². The maximum Gasteiger partial charge on any atom is 0.241 e. The Morgan fingerprint density at radius 2 is 0.792 bits per heavy atom. The van der Waals surface area contributed by atoms with Crippen LogP contribution in [0.2, 0.25) is 18.1 Å². The third-order valence-corrected chi connectivity index (χ3v) is 26.2. The first kappa shape index (κ1) is 74.0. The maximum atomic E-state index is 15.5. The molecule has 12 rings (SSSR count). The summed E-state index contributed by atoms with van der Waals surface area (Å²) in [6, 6.07) is 69.5. The van der Waals surface area contributed by atoms with E-state index in [1.807, 2.05) is 195 Å². The molecule has 3 N–H and O–H groups in total. The van der Waals surface area contributed by atoms with Crippen LogP contribution < -0.4 is 9.44 Å². The summed E-state index contributed by atoms with van der Waals surface area (Å²) in [6.07, 6.45) is -18.0. The van der Waals surface area contributed by atoms with Crippen LogP contribution in [0.25, 0.3) is 0 Å². The maximum absolute atomic E-state index is 15.5. The smallest absolute Gasteiger partial charge is 0.241 e. The second-order valence-electron chi connectivity index (χ2n) is 27.1. The number of nitrogens with one attached hydrogen (secondary N) is 2. The zero-order valence-corrected chi connectivity index (χ0v) is 59.8. The van der Waals surface area contributed by atoms with Gasteiger partial charge in [-0.2, -0.15) is 0 Å². The average molecular weight is 1440 g/mol. The molecule has 0 spiro atoms. The van der Waals surface area contributed by atoms with E-state index in [1.54, 1.807) is 36.4 Å². The topological polar surface area (TPSA) is 233 Å². The lowest BCUT2D eigenvalue weighted by Crippen LogP contribution is -2.71. The van der Waals surface area contributed by atoms with Gasteiger partial charge in [-0.25, -0.2) is 26.3 Å². The Morgan fingerprint density at radius 1 is 0.436 bits per heavy atom. The van der Waals surface area contributed by atoms with Crippen molar-refractivity contribution in [2.45, 2.75) is 180 Å². The molecular formula is C78H90N2O18S2Si. The van der Waals surface area contributed by atoms with Crippen molar-refractivity contribution in [1.82, 2.24) is 9.44 Å². The van der Waals surface area contributed by atoms with Crippen LogP contribution in [0.15, 0.2) is 252 Å². The SMILES string of the molecule is CC(C)(C)[Si](C)(C)O[C@H]1OC(COCc2ccccc2)[C@@H](O[C@@H]2OC(COCc3ccccc3)[C@@H](O[C@@H]3OC4COC(c5ccccc5)O[C@H]4[C@H](O)C3OCc3ccccc3)[C@@H](OCc3ccccc3)C2NS(=O)(=O)c2ccccc2)[C@H](OCc2ccccc2)C1NS(=O)(=O)c1ccccc1. The van der Waals surface area contributed by atoms with Crippen LogP contribution in [0.4, 0.5) is 0 Å². The lowest BCUT2D eigenvalue weighted by Gasteiger charge is -2.53. The highest BCUT2D eigenvalue weighted by molar-refractivity contribution is 7.89. The zero-order chi connectivity index (χ0) is 70.4. The van der Waals surface area contributed by atoms with E-state index < -0.39 is 132 Å². The van der Waals surface area contributed by atoms with Gasteiger partial charge in [0.2, 0.25) is 20.0 Å². The van der Waals surface area contributed by atoms with E-state index >= 15 is 16.8 Å². The van der Waals surface area contributed by atoms with Crippen molar-refractivity contribution in [2.75, 3.05) is 19.8 Å². The number of hydrogen-bond donors (Lipinski definition) is 3. The minimum atomic E-state index is -4.61. The summed E-state index contributed by atoms with van der Waals surface area (Å²) < 4.78 is 159. The molecule has 0 bridgehead atoms. The second-order valence-corrected chi connectivity index (χ2v) is 35.3. The third-order valence-electron chi connectivity index (χ3n) is 18.8. The lowest BCUT2D eigenvalue weighted by molar-refractivity contribution is -0.391. The van der Waals surface area contributed by atoms with E-state index in [0.29, 0.717) is 5.56 Å². The van der Waals surface area contributed by atoms with Crippen LogP contribution in [-0.2, 0) is 114 Å². The van der Waals surface area contributed by atoms with Gasteiger partial charge in [-0.05, 0) is 70.2 Å². The second kappa shape index (κ2) is 34.2. The van der Waals surface area contributed by atoms with Gasteiger partial charge in [0.1, 0.15) is 73.1 Å². The van der Waals surface area contributed by atoms with Gasteiger partial charge in [-0.1, -0.05) is 239 Å². The van der Waals surface area contributed by atoms with Gasteiger partial charge in [0.05, 0.1) is 62.6 Å². The molecule has 0 saturated carbocycles. The molecule has 8 aromatic carbocycles. The number of ether oxygens (including phenoxy) is 12. The molecule has 23 heteroatoms. The molecule has 0 amide bonds.